The van der Waals surface area contributed by atoms with Crippen LogP contribution in [0.4, 0.5) is 0 Å². The minimum atomic E-state index is -1.23. The van der Waals surface area contributed by atoms with E-state index in [2.05, 4.69) is 31.2 Å². The summed E-state index contributed by atoms with van der Waals surface area (Å²) in [5.74, 6) is -3.70. The molecule has 11 N–H and O–H groups in total. The van der Waals surface area contributed by atoms with Crippen LogP contribution < -0.4 is 38.5 Å². The van der Waals surface area contributed by atoms with Crippen molar-refractivity contribution in [3.05, 3.63) is 107 Å². The van der Waals surface area contributed by atoms with E-state index in [0.717, 1.165) is 16.5 Å². The van der Waals surface area contributed by atoms with Gasteiger partial charge in [-0.25, -0.2) is 0 Å². The number of nitrogens with two attached hydrogens (primary N) is 3. The van der Waals surface area contributed by atoms with Gasteiger partial charge in [0.1, 0.15) is 30.6 Å². The monoisotopic (exact) mass is 754 g/mol. The lowest BCUT2D eigenvalue weighted by Crippen LogP contribution is -2.59. The molecule has 4 rings (SSSR count). The van der Waals surface area contributed by atoms with E-state index in [4.69, 9.17) is 34.1 Å². The SMILES string of the molecule is N#CCC(=O)N[C@H](Cc1ccc(Cl)cc1)C(=O)N[C@H](Cc1ccccc1)C(=O)N[C@@H](CCCN=C(N)N)C(=O)N[C@@H](Cc1c[nH]c2ccccc12)C(N)=O. The van der Waals surface area contributed by atoms with Crippen LogP contribution in [0.3, 0.4) is 0 Å². The van der Waals surface area contributed by atoms with Gasteiger partial charge in [-0.05, 0) is 47.7 Å². The van der Waals surface area contributed by atoms with E-state index < -0.39 is 60.1 Å². The molecule has 1 heterocycles. The number of aliphatic imine (C=N–C) groups is 1. The van der Waals surface area contributed by atoms with Crippen molar-refractivity contribution in [3.63, 3.8) is 0 Å². The number of carbonyl (C=O) groups is 5. The number of amides is 5. The van der Waals surface area contributed by atoms with Crippen LogP contribution in [0.25, 0.3) is 10.9 Å². The number of guanidine groups is 1. The summed E-state index contributed by atoms with van der Waals surface area (Å²) >= 11 is 6.03. The van der Waals surface area contributed by atoms with Crippen molar-refractivity contribution in [1.29, 1.82) is 5.26 Å². The minimum Gasteiger partial charge on any atom is -0.370 e. The van der Waals surface area contributed by atoms with Crippen molar-refractivity contribution in [2.75, 3.05) is 6.54 Å². The van der Waals surface area contributed by atoms with Crippen LogP contribution in [0, 0.1) is 11.3 Å². The molecule has 0 saturated carbocycles. The Labute approximate surface area is 317 Å². The van der Waals surface area contributed by atoms with Gasteiger partial charge in [0.05, 0.1) is 6.07 Å². The highest BCUT2D eigenvalue weighted by Crippen LogP contribution is 2.19. The maximum atomic E-state index is 14.1. The number of nitrogens with zero attached hydrogens (tertiary/aromatic N) is 2. The van der Waals surface area contributed by atoms with E-state index in [0.29, 0.717) is 16.1 Å². The number of fused-ring (bicyclic) bond motifs is 1. The Morgan fingerprint density at radius 3 is 1.94 bits per heavy atom. The van der Waals surface area contributed by atoms with E-state index in [9.17, 15) is 24.0 Å². The molecule has 3 aromatic carbocycles. The third kappa shape index (κ3) is 12.4. The molecule has 0 aliphatic heterocycles. The van der Waals surface area contributed by atoms with Crippen molar-refractivity contribution < 1.29 is 24.0 Å². The summed E-state index contributed by atoms with van der Waals surface area (Å²) in [5, 5.41) is 21.1. The van der Waals surface area contributed by atoms with Crippen molar-refractivity contribution in [1.82, 2.24) is 26.3 Å². The number of nitriles is 1. The molecule has 15 nitrogen and oxygen atoms in total. The fourth-order valence-electron chi connectivity index (χ4n) is 5.77. The number of benzene rings is 3. The first-order valence-electron chi connectivity index (χ1n) is 17.2. The van der Waals surface area contributed by atoms with Crippen molar-refractivity contribution >= 4 is 58.0 Å². The number of H-pyrrole nitrogens is 1. The van der Waals surface area contributed by atoms with Crippen LogP contribution in [-0.4, -0.2) is 71.2 Å². The van der Waals surface area contributed by atoms with E-state index in [1.54, 1.807) is 66.9 Å². The number of hydrogen-bond acceptors (Lipinski definition) is 7. The van der Waals surface area contributed by atoms with Crippen LogP contribution in [0.15, 0.2) is 90.1 Å². The molecule has 5 amide bonds. The van der Waals surface area contributed by atoms with Gasteiger partial charge in [-0.1, -0.05) is 72.3 Å². The molecule has 1 aromatic heterocycles. The number of aromatic nitrogens is 1. The van der Waals surface area contributed by atoms with Gasteiger partial charge in [0.15, 0.2) is 5.96 Å². The van der Waals surface area contributed by atoms with E-state index in [1.807, 2.05) is 24.3 Å². The molecule has 0 fully saturated rings. The van der Waals surface area contributed by atoms with Gasteiger partial charge in [-0.2, -0.15) is 5.26 Å². The first-order valence-corrected chi connectivity index (χ1v) is 17.6. The topological polar surface area (TPSA) is 263 Å². The largest absolute Gasteiger partial charge is 0.370 e. The van der Waals surface area contributed by atoms with Gasteiger partial charge in [0, 0.05) is 47.9 Å². The first-order chi connectivity index (χ1) is 25.9. The quantitative estimate of drug-likeness (QED) is 0.0391. The van der Waals surface area contributed by atoms with Gasteiger partial charge in [0.2, 0.25) is 29.5 Å². The molecule has 0 saturated heterocycles. The fourth-order valence-corrected chi connectivity index (χ4v) is 5.90. The Hall–Kier alpha value is -6.40. The average molecular weight is 755 g/mol. The molecule has 0 unspecified atom stereocenters. The second kappa shape index (κ2) is 20.0. The predicted octanol–water partition coefficient (Wildman–Crippen LogP) is 1.24. The Kier molecular flexibility index (Phi) is 15.0. The van der Waals surface area contributed by atoms with Gasteiger partial charge < -0.3 is 43.5 Å². The maximum Gasteiger partial charge on any atom is 0.243 e. The number of nitrogens with one attached hydrogen (secondary N) is 5. The third-order valence-electron chi connectivity index (χ3n) is 8.50. The molecule has 0 aliphatic carbocycles. The molecule has 0 aliphatic rings. The number of aromatic amines is 1. The van der Waals surface area contributed by atoms with Gasteiger partial charge >= 0.3 is 0 Å². The Bertz CT molecular complexity index is 1990. The van der Waals surface area contributed by atoms with Crippen molar-refractivity contribution in [3.8, 4) is 6.07 Å². The van der Waals surface area contributed by atoms with Crippen LogP contribution in [0.1, 0.15) is 36.0 Å². The first kappa shape index (κ1) is 40.4. The molecule has 282 valence electrons. The lowest BCUT2D eigenvalue weighted by molar-refractivity contribution is -0.134. The molecule has 0 spiro atoms. The summed E-state index contributed by atoms with van der Waals surface area (Å²) in [7, 11) is 0. The second-order valence-corrected chi connectivity index (χ2v) is 13.0. The summed E-state index contributed by atoms with van der Waals surface area (Å²) in [6.07, 6.45) is 1.71. The zero-order valence-electron chi connectivity index (χ0n) is 29.4. The zero-order chi connectivity index (χ0) is 39.0. The van der Waals surface area contributed by atoms with Crippen LogP contribution in [-0.2, 0) is 43.2 Å². The second-order valence-electron chi connectivity index (χ2n) is 12.6. The lowest BCUT2D eigenvalue weighted by atomic mass is 10.0. The molecule has 4 aromatic rings. The van der Waals surface area contributed by atoms with Crippen LogP contribution >= 0.6 is 11.6 Å². The summed E-state index contributed by atoms with van der Waals surface area (Å²) in [6, 6.07) is 20.0. The molecule has 0 bridgehead atoms. The van der Waals surface area contributed by atoms with E-state index in [1.165, 1.54) is 0 Å². The number of carbonyl (C=O) groups excluding carboxylic acids is 5. The van der Waals surface area contributed by atoms with Gasteiger partial charge in [0.25, 0.3) is 0 Å². The number of rotatable bonds is 19. The highest BCUT2D eigenvalue weighted by Gasteiger charge is 2.31. The van der Waals surface area contributed by atoms with E-state index >= 15 is 0 Å². The molecular formula is C38H43ClN10O5. The smallest absolute Gasteiger partial charge is 0.243 e. The number of para-hydroxylation sites is 1. The normalized spacial score (nSPS) is 13.0. The Morgan fingerprint density at radius 1 is 0.722 bits per heavy atom. The number of hydrogen-bond donors (Lipinski definition) is 8. The lowest BCUT2D eigenvalue weighted by Gasteiger charge is -2.26. The fraction of sp³-hybridized carbons (Fsp3) is 0.289. The highest BCUT2D eigenvalue weighted by atomic mass is 35.5. The third-order valence-corrected chi connectivity index (χ3v) is 8.75. The van der Waals surface area contributed by atoms with Crippen molar-refractivity contribution in [2.24, 2.45) is 22.2 Å². The Balaban J connectivity index is 1.58. The van der Waals surface area contributed by atoms with Gasteiger partial charge in [-0.3, -0.25) is 29.0 Å². The van der Waals surface area contributed by atoms with Crippen LogP contribution in [0.2, 0.25) is 5.02 Å². The Morgan fingerprint density at radius 2 is 1.30 bits per heavy atom. The molecule has 4 atom stereocenters. The van der Waals surface area contributed by atoms with Crippen molar-refractivity contribution in [2.45, 2.75) is 62.7 Å². The summed E-state index contributed by atoms with van der Waals surface area (Å²) < 4.78 is 0. The number of primary amides is 1. The minimum absolute atomic E-state index is 0.0189. The standard InChI is InChI=1S/C38H43ClN10O5/c39-26-14-12-24(13-15-26)20-31(46-33(50)16-17-40)36(53)49-32(19-23-7-2-1-3-8-23)37(54)47-29(11-6-18-44-38(42)43)35(52)48-30(34(41)51)21-25-22-45-28-10-5-4-9-27(25)28/h1-5,7-10,12-15,22,29-32,45H,6,11,16,18-21H2,(H2,41,51)(H,46,50)(H,47,54)(H,48,52)(H,49,53)(H4,42,43,44)/t29-,30-,31+,32+/m0/s1. The average Bonchev–Trinajstić information content (AvgIpc) is 3.55. The predicted molar refractivity (Wildman–Crippen MR) is 204 cm³/mol. The molecule has 16 heteroatoms. The summed E-state index contributed by atoms with van der Waals surface area (Å²) in [5.41, 5.74) is 19.6. The van der Waals surface area contributed by atoms with Crippen LogP contribution in [0.5, 0.6) is 0 Å². The summed E-state index contributed by atoms with van der Waals surface area (Å²) in [6.45, 7) is 0.148. The highest BCUT2D eigenvalue weighted by molar-refractivity contribution is 6.30. The summed E-state index contributed by atoms with van der Waals surface area (Å²) in [4.78, 5) is 73.9. The van der Waals surface area contributed by atoms with E-state index in [-0.39, 0.29) is 44.6 Å². The zero-order valence-corrected chi connectivity index (χ0v) is 30.1. The molecule has 0 radical (unpaired) electrons. The maximum absolute atomic E-state index is 14.1. The molecule has 54 heavy (non-hydrogen) atoms. The molecular weight excluding hydrogens is 712 g/mol. The van der Waals surface area contributed by atoms with Gasteiger partial charge in [-0.15, -0.1) is 0 Å². The number of halogens is 1.